The highest BCUT2D eigenvalue weighted by molar-refractivity contribution is 6.46. The molecule has 0 aromatic heterocycles. The van der Waals surface area contributed by atoms with Gasteiger partial charge in [-0.3, -0.25) is 9.59 Å². The van der Waals surface area contributed by atoms with E-state index in [2.05, 4.69) is 18.7 Å². The first-order valence-electron chi connectivity index (χ1n) is 10.9. The highest BCUT2D eigenvalue weighted by Crippen LogP contribution is 2.42. The van der Waals surface area contributed by atoms with E-state index in [1.165, 1.54) is 0 Å². The molecule has 2 aromatic carbocycles. The van der Waals surface area contributed by atoms with Crippen molar-refractivity contribution in [2.45, 2.75) is 26.8 Å². The first-order chi connectivity index (χ1) is 15.5. The van der Waals surface area contributed by atoms with Gasteiger partial charge in [-0.25, -0.2) is 0 Å². The second kappa shape index (κ2) is 9.04. The predicted octanol–water partition coefficient (Wildman–Crippen LogP) is 3.49. The molecule has 2 aliphatic rings. The van der Waals surface area contributed by atoms with Gasteiger partial charge in [-0.2, -0.15) is 0 Å². The Morgan fingerprint density at radius 1 is 1.09 bits per heavy atom. The number of likely N-dealkylation sites (tertiary alicyclic amines) is 1. The van der Waals surface area contributed by atoms with Crippen LogP contribution in [0.3, 0.4) is 0 Å². The number of hydrogen-bond acceptors (Lipinski definition) is 6. The number of ketones is 1. The predicted molar refractivity (Wildman–Crippen MR) is 121 cm³/mol. The van der Waals surface area contributed by atoms with Gasteiger partial charge in [0.15, 0.2) is 11.5 Å². The van der Waals surface area contributed by atoms with Crippen LogP contribution in [-0.4, -0.2) is 59.6 Å². The van der Waals surface area contributed by atoms with Crippen molar-refractivity contribution in [3.63, 3.8) is 0 Å². The number of Topliss-reactive ketones (excluding diaryl/α,β-unsaturated/α-hetero) is 1. The second-order valence-corrected chi connectivity index (χ2v) is 7.94. The third-order valence-corrected chi connectivity index (χ3v) is 6.22. The Balaban J connectivity index is 1.80. The lowest BCUT2D eigenvalue weighted by atomic mass is 9.92. The third kappa shape index (κ3) is 3.84. The number of amides is 1. The van der Waals surface area contributed by atoms with E-state index < -0.39 is 17.7 Å². The molecule has 0 radical (unpaired) electrons. The SMILES string of the molecule is CCN(CC)CCN1C(=O)C(=O)/C(=C(/O)c2ccc3c(c2)OCO3)C1c1ccccc1C. The quantitative estimate of drug-likeness (QED) is 0.407. The topological polar surface area (TPSA) is 79.3 Å². The first kappa shape index (κ1) is 21.9. The Bertz CT molecular complexity index is 1070. The van der Waals surface area contributed by atoms with Gasteiger partial charge in [-0.15, -0.1) is 0 Å². The van der Waals surface area contributed by atoms with Gasteiger partial charge in [0.1, 0.15) is 5.76 Å². The van der Waals surface area contributed by atoms with Crippen molar-refractivity contribution < 1.29 is 24.2 Å². The fraction of sp³-hybridized carbons (Fsp3) is 0.360. The van der Waals surface area contributed by atoms with Crippen molar-refractivity contribution in [3.05, 3.63) is 64.7 Å². The molecule has 1 fully saturated rings. The highest BCUT2D eigenvalue weighted by Gasteiger charge is 2.46. The minimum absolute atomic E-state index is 0.0997. The van der Waals surface area contributed by atoms with Gasteiger partial charge in [0.25, 0.3) is 11.7 Å². The zero-order chi connectivity index (χ0) is 22.8. The largest absolute Gasteiger partial charge is 0.507 e. The number of aliphatic hydroxyl groups excluding tert-OH is 1. The van der Waals surface area contributed by atoms with Gasteiger partial charge in [0.2, 0.25) is 6.79 Å². The van der Waals surface area contributed by atoms with Gasteiger partial charge in [-0.05, 0) is 49.3 Å². The van der Waals surface area contributed by atoms with E-state index in [4.69, 9.17) is 9.47 Å². The molecular formula is C25H28N2O5. The van der Waals surface area contributed by atoms with Crippen LogP contribution in [-0.2, 0) is 9.59 Å². The zero-order valence-corrected chi connectivity index (χ0v) is 18.6. The van der Waals surface area contributed by atoms with Crippen molar-refractivity contribution in [3.8, 4) is 11.5 Å². The third-order valence-electron chi connectivity index (χ3n) is 6.22. The Hall–Kier alpha value is -3.32. The number of likely N-dealkylation sites (N-methyl/N-ethyl adjacent to an activating group) is 1. The molecule has 1 atom stereocenters. The van der Waals surface area contributed by atoms with Gasteiger partial charge < -0.3 is 24.4 Å². The molecule has 2 aliphatic heterocycles. The fourth-order valence-corrected chi connectivity index (χ4v) is 4.32. The smallest absolute Gasteiger partial charge is 0.295 e. The summed E-state index contributed by atoms with van der Waals surface area (Å²) in [5.41, 5.74) is 2.29. The number of carbonyl (C=O) groups is 2. The summed E-state index contributed by atoms with van der Waals surface area (Å²) in [5, 5.41) is 11.2. The van der Waals surface area contributed by atoms with Crippen molar-refractivity contribution in [1.82, 2.24) is 9.80 Å². The number of carbonyl (C=O) groups excluding carboxylic acids is 2. The molecule has 2 aromatic rings. The molecule has 1 amide bonds. The first-order valence-corrected chi connectivity index (χ1v) is 10.9. The second-order valence-electron chi connectivity index (χ2n) is 7.94. The summed E-state index contributed by atoms with van der Waals surface area (Å²) in [4.78, 5) is 30.0. The van der Waals surface area contributed by atoms with Crippen LogP contribution in [0.1, 0.15) is 36.6 Å². The standard InChI is InChI=1S/C25H28N2O5/c1-4-26(5-2)12-13-27-22(18-9-7-6-8-16(18)3)21(24(29)25(27)30)23(28)17-10-11-19-20(14-17)32-15-31-19/h6-11,14,22,28H,4-5,12-13,15H2,1-3H3/b23-21+. The lowest BCUT2D eigenvalue weighted by Crippen LogP contribution is -2.38. The van der Waals surface area contributed by atoms with E-state index in [1.54, 1.807) is 23.1 Å². The van der Waals surface area contributed by atoms with Crippen LogP contribution in [0.5, 0.6) is 11.5 Å². The number of aryl methyl sites for hydroxylation is 1. The molecule has 1 N–H and O–H groups in total. The summed E-state index contributed by atoms with van der Waals surface area (Å²) in [6, 6.07) is 12.0. The zero-order valence-electron chi connectivity index (χ0n) is 18.6. The van der Waals surface area contributed by atoms with Crippen molar-refractivity contribution in [2.75, 3.05) is 33.0 Å². The van der Waals surface area contributed by atoms with Crippen LogP contribution in [0.15, 0.2) is 48.0 Å². The molecule has 1 saturated heterocycles. The van der Waals surface area contributed by atoms with Gasteiger partial charge in [-0.1, -0.05) is 38.1 Å². The Morgan fingerprint density at radius 3 is 2.53 bits per heavy atom. The molecule has 32 heavy (non-hydrogen) atoms. The average molecular weight is 437 g/mol. The summed E-state index contributed by atoms with van der Waals surface area (Å²) in [5.74, 6) is -0.394. The van der Waals surface area contributed by atoms with Crippen LogP contribution < -0.4 is 9.47 Å². The summed E-state index contributed by atoms with van der Waals surface area (Å²) in [6.07, 6.45) is 0. The van der Waals surface area contributed by atoms with E-state index in [9.17, 15) is 14.7 Å². The van der Waals surface area contributed by atoms with Crippen LogP contribution in [0.2, 0.25) is 0 Å². The maximum atomic E-state index is 13.2. The van der Waals surface area contributed by atoms with E-state index >= 15 is 0 Å². The molecule has 2 heterocycles. The minimum Gasteiger partial charge on any atom is -0.507 e. The van der Waals surface area contributed by atoms with Crippen LogP contribution in [0, 0.1) is 6.92 Å². The molecule has 0 bridgehead atoms. The van der Waals surface area contributed by atoms with Gasteiger partial charge in [0, 0.05) is 18.7 Å². The van der Waals surface area contributed by atoms with Crippen LogP contribution >= 0.6 is 0 Å². The molecule has 0 spiro atoms. The number of nitrogens with zero attached hydrogens (tertiary/aromatic N) is 2. The minimum atomic E-state index is -0.673. The number of hydrogen-bond donors (Lipinski definition) is 1. The van der Waals surface area contributed by atoms with E-state index in [0.717, 1.165) is 24.2 Å². The average Bonchev–Trinajstić information content (AvgIpc) is 3.37. The Labute approximate surface area is 187 Å². The number of fused-ring (bicyclic) bond motifs is 1. The lowest BCUT2D eigenvalue weighted by molar-refractivity contribution is -0.140. The Morgan fingerprint density at radius 2 is 1.81 bits per heavy atom. The molecule has 0 aliphatic carbocycles. The summed E-state index contributed by atoms with van der Waals surface area (Å²) in [6.45, 7) is 8.93. The molecule has 7 heteroatoms. The van der Waals surface area contributed by atoms with Crippen LogP contribution in [0.4, 0.5) is 0 Å². The molecule has 7 nitrogen and oxygen atoms in total. The molecule has 168 valence electrons. The molecule has 0 saturated carbocycles. The number of benzene rings is 2. The van der Waals surface area contributed by atoms with Gasteiger partial charge in [0.05, 0.1) is 11.6 Å². The molecule has 1 unspecified atom stereocenters. The summed E-state index contributed by atoms with van der Waals surface area (Å²) in [7, 11) is 0. The summed E-state index contributed by atoms with van der Waals surface area (Å²) >= 11 is 0. The maximum absolute atomic E-state index is 13.2. The fourth-order valence-electron chi connectivity index (χ4n) is 4.32. The number of aliphatic hydroxyl groups is 1. The number of rotatable bonds is 7. The number of ether oxygens (including phenoxy) is 2. The molecular weight excluding hydrogens is 408 g/mol. The van der Waals surface area contributed by atoms with Crippen molar-refractivity contribution in [2.24, 2.45) is 0 Å². The van der Waals surface area contributed by atoms with Gasteiger partial charge >= 0.3 is 0 Å². The highest BCUT2D eigenvalue weighted by atomic mass is 16.7. The lowest BCUT2D eigenvalue weighted by Gasteiger charge is -2.29. The Kier molecular flexibility index (Phi) is 6.19. The van der Waals surface area contributed by atoms with E-state index in [1.807, 2.05) is 31.2 Å². The van der Waals surface area contributed by atoms with E-state index in [0.29, 0.717) is 30.2 Å². The van der Waals surface area contributed by atoms with E-state index in [-0.39, 0.29) is 18.1 Å². The maximum Gasteiger partial charge on any atom is 0.295 e. The monoisotopic (exact) mass is 436 g/mol. The van der Waals surface area contributed by atoms with Crippen LogP contribution in [0.25, 0.3) is 5.76 Å². The molecule has 4 rings (SSSR count). The van der Waals surface area contributed by atoms with Crippen molar-refractivity contribution >= 4 is 17.4 Å². The summed E-state index contributed by atoms with van der Waals surface area (Å²) < 4.78 is 10.8. The normalized spacial score (nSPS) is 19.2. The van der Waals surface area contributed by atoms with Crippen molar-refractivity contribution in [1.29, 1.82) is 0 Å².